The fourth-order valence-corrected chi connectivity index (χ4v) is 1.85. The molecule has 0 radical (unpaired) electrons. The van der Waals surface area contributed by atoms with E-state index >= 15 is 0 Å². The van der Waals surface area contributed by atoms with Gasteiger partial charge in [-0.25, -0.2) is 4.79 Å². The Morgan fingerprint density at radius 3 is 2.81 bits per heavy atom. The zero-order valence-corrected chi connectivity index (χ0v) is 8.78. The Balaban J connectivity index is 2.64. The fourth-order valence-electron chi connectivity index (χ4n) is 1.68. The van der Waals surface area contributed by atoms with E-state index in [0.717, 1.165) is 0 Å². The summed E-state index contributed by atoms with van der Waals surface area (Å²) in [5.74, 6) is -2.01. The van der Waals surface area contributed by atoms with Crippen LogP contribution in [0.15, 0.2) is 18.2 Å². The lowest BCUT2D eigenvalue weighted by atomic mass is 9.86. The molecule has 84 valence electrons. The minimum atomic E-state index is -2.21. The van der Waals surface area contributed by atoms with Gasteiger partial charge in [-0.1, -0.05) is 11.6 Å². The molecule has 0 saturated carbocycles. The van der Waals surface area contributed by atoms with Crippen LogP contribution in [0.3, 0.4) is 0 Å². The average Bonchev–Trinajstić information content (AvgIpc) is 2.19. The number of fused-ring (bicyclic) bond motifs is 1. The highest BCUT2D eigenvalue weighted by molar-refractivity contribution is 6.30. The van der Waals surface area contributed by atoms with Crippen molar-refractivity contribution in [2.75, 3.05) is 5.32 Å². The summed E-state index contributed by atoms with van der Waals surface area (Å²) in [7, 11) is 0. The van der Waals surface area contributed by atoms with Crippen molar-refractivity contribution in [3.63, 3.8) is 0 Å². The van der Waals surface area contributed by atoms with E-state index in [1.807, 2.05) is 0 Å². The second-order valence-corrected chi connectivity index (χ2v) is 4.02. The third-order valence-corrected chi connectivity index (χ3v) is 2.71. The number of halogens is 1. The van der Waals surface area contributed by atoms with Crippen molar-refractivity contribution in [1.82, 2.24) is 0 Å². The van der Waals surface area contributed by atoms with Gasteiger partial charge < -0.3 is 15.5 Å². The molecule has 1 atom stereocenters. The van der Waals surface area contributed by atoms with Gasteiger partial charge in [0.2, 0.25) is 5.91 Å². The Hall–Kier alpha value is -1.59. The van der Waals surface area contributed by atoms with Gasteiger partial charge >= 0.3 is 5.97 Å². The van der Waals surface area contributed by atoms with E-state index in [0.29, 0.717) is 5.02 Å². The first kappa shape index (κ1) is 10.9. The van der Waals surface area contributed by atoms with Crippen LogP contribution >= 0.6 is 11.6 Å². The number of carboxylic acid groups (broad SMARTS) is 1. The molecule has 5 nitrogen and oxygen atoms in total. The molecule has 0 aromatic heterocycles. The van der Waals surface area contributed by atoms with E-state index in [1.54, 1.807) is 0 Å². The molecule has 3 N–H and O–H groups in total. The predicted molar refractivity (Wildman–Crippen MR) is 56.2 cm³/mol. The number of hydrogen-bond donors (Lipinski definition) is 3. The number of aliphatic carboxylic acids is 1. The van der Waals surface area contributed by atoms with Crippen LogP contribution in [0, 0.1) is 0 Å². The number of carbonyl (C=O) groups excluding carboxylic acids is 1. The molecule has 1 aliphatic rings. The Morgan fingerprint density at radius 1 is 1.50 bits per heavy atom. The molecule has 0 aliphatic carbocycles. The molecule has 0 fully saturated rings. The smallest absolute Gasteiger partial charge is 0.341 e. The third-order valence-electron chi connectivity index (χ3n) is 2.47. The van der Waals surface area contributed by atoms with E-state index in [1.165, 1.54) is 18.2 Å². The standard InChI is InChI=1S/C10H8ClNO4/c11-5-1-2-7-6(3-5)10(16,9(14)15)4-8(13)12-7/h1-3,16H,4H2,(H,12,13)(H,14,15). The summed E-state index contributed by atoms with van der Waals surface area (Å²) < 4.78 is 0. The SMILES string of the molecule is O=C1CC(O)(C(=O)O)c2cc(Cl)ccc2N1. The number of hydrogen-bond acceptors (Lipinski definition) is 3. The summed E-state index contributed by atoms with van der Waals surface area (Å²) in [6.07, 6.45) is -0.518. The highest BCUT2D eigenvalue weighted by Crippen LogP contribution is 2.37. The van der Waals surface area contributed by atoms with Gasteiger partial charge in [-0.05, 0) is 18.2 Å². The lowest BCUT2D eigenvalue weighted by molar-refractivity contribution is -0.162. The topological polar surface area (TPSA) is 86.6 Å². The van der Waals surface area contributed by atoms with Gasteiger partial charge in [-0.15, -0.1) is 0 Å². The number of rotatable bonds is 1. The molecule has 1 aromatic rings. The molecule has 1 heterocycles. The van der Waals surface area contributed by atoms with Crippen molar-refractivity contribution in [2.24, 2.45) is 0 Å². The quantitative estimate of drug-likeness (QED) is 0.683. The summed E-state index contributed by atoms with van der Waals surface area (Å²) in [5.41, 5.74) is -1.83. The molecule has 0 saturated heterocycles. The lowest BCUT2D eigenvalue weighted by Gasteiger charge is -2.30. The highest BCUT2D eigenvalue weighted by atomic mass is 35.5. The molecule has 0 spiro atoms. The van der Waals surface area contributed by atoms with Crippen LogP contribution in [0.2, 0.25) is 5.02 Å². The largest absolute Gasteiger partial charge is 0.479 e. The molecule has 1 aromatic carbocycles. The molecule has 2 rings (SSSR count). The summed E-state index contributed by atoms with van der Waals surface area (Å²) >= 11 is 5.73. The van der Waals surface area contributed by atoms with Crippen molar-refractivity contribution in [2.45, 2.75) is 12.0 Å². The fraction of sp³-hybridized carbons (Fsp3) is 0.200. The second-order valence-electron chi connectivity index (χ2n) is 3.58. The van der Waals surface area contributed by atoms with Crippen LogP contribution < -0.4 is 5.32 Å². The van der Waals surface area contributed by atoms with Gasteiger partial charge in [-0.3, -0.25) is 4.79 Å². The van der Waals surface area contributed by atoms with E-state index in [-0.39, 0.29) is 11.3 Å². The minimum Gasteiger partial charge on any atom is -0.479 e. The van der Waals surface area contributed by atoms with Crippen LogP contribution in [-0.4, -0.2) is 22.1 Å². The van der Waals surface area contributed by atoms with Gasteiger partial charge in [0.15, 0.2) is 5.60 Å². The second kappa shape index (κ2) is 3.47. The maximum atomic E-state index is 11.3. The lowest BCUT2D eigenvalue weighted by Crippen LogP contribution is -2.43. The van der Waals surface area contributed by atoms with E-state index in [2.05, 4.69) is 5.32 Å². The van der Waals surface area contributed by atoms with Crippen molar-refractivity contribution >= 4 is 29.2 Å². The van der Waals surface area contributed by atoms with Crippen molar-refractivity contribution in [1.29, 1.82) is 0 Å². The Kier molecular flexibility index (Phi) is 2.36. The first-order valence-corrected chi connectivity index (χ1v) is 4.87. The van der Waals surface area contributed by atoms with Crippen molar-refractivity contribution < 1.29 is 19.8 Å². The van der Waals surface area contributed by atoms with Crippen LogP contribution in [0.25, 0.3) is 0 Å². The minimum absolute atomic E-state index is 0.104. The Bertz CT molecular complexity index is 488. The molecule has 1 unspecified atom stereocenters. The molecular weight excluding hydrogens is 234 g/mol. The number of carbonyl (C=O) groups is 2. The summed E-state index contributed by atoms with van der Waals surface area (Å²) in [5, 5.41) is 21.7. The van der Waals surface area contributed by atoms with E-state index in [9.17, 15) is 14.7 Å². The molecular formula is C10H8ClNO4. The Morgan fingerprint density at radius 2 is 2.19 bits per heavy atom. The van der Waals surface area contributed by atoms with Gasteiger partial charge in [-0.2, -0.15) is 0 Å². The predicted octanol–water partition coefficient (Wildman–Crippen LogP) is 0.954. The maximum absolute atomic E-state index is 11.3. The summed E-state index contributed by atoms with van der Waals surface area (Å²) in [6.45, 7) is 0. The number of anilines is 1. The zero-order chi connectivity index (χ0) is 11.9. The van der Waals surface area contributed by atoms with E-state index in [4.69, 9.17) is 16.7 Å². The molecule has 0 bridgehead atoms. The normalized spacial score (nSPS) is 23.5. The van der Waals surface area contributed by atoms with Gasteiger partial charge in [0.1, 0.15) is 0 Å². The van der Waals surface area contributed by atoms with E-state index < -0.39 is 23.9 Å². The van der Waals surface area contributed by atoms with Crippen LogP contribution in [0.4, 0.5) is 5.69 Å². The van der Waals surface area contributed by atoms with Gasteiger partial charge in [0.05, 0.1) is 6.42 Å². The zero-order valence-electron chi connectivity index (χ0n) is 8.03. The first-order valence-electron chi connectivity index (χ1n) is 4.49. The number of carboxylic acids is 1. The summed E-state index contributed by atoms with van der Waals surface area (Å²) in [6, 6.07) is 4.31. The highest BCUT2D eigenvalue weighted by Gasteiger charge is 2.45. The van der Waals surface area contributed by atoms with Crippen LogP contribution in [0.5, 0.6) is 0 Å². The van der Waals surface area contributed by atoms with Crippen molar-refractivity contribution in [3.8, 4) is 0 Å². The van der Waals surface area contributed by atoms with Gasteiger partial charge in [0.25, 0.3) is 0 Å². The van der Waals surface area contributed by atoms with Crippen LogP contribution in [0.1, 0.15) is 12.0 Å². The monoisotopic (exact) mass is 241 g/mol. The molecule has 16 heavy (non-hydrogen) atoms. The third kappa shape index (κ3) is 1.54. The maximum Gasteiger partial charge on any atom is 0.341 e. The number of nitrogens with one attached hydrogen (secondary N) is 1. The molecule has 6 heteroatoms. The number of aliphatic hydroxyl groups is 1. The number of amides is 1. The average molecular weight is 242 g/mol. The first-order chi connectivity index (χ1) is 7.43. The molecule has 1 amide bonds. The van der Waals surface area contributed by atoms with Crippen LogP contribution in [-0.2, 0) is 15.2 Å². The Labute approximate surface area is 95.6 Å². The van der Waals surface area contributed by atoms with Crippen molar-refractivity contribution in [3.05, 3.63) is 28.8 Å². The van der Waals surface area contributed by atoms with Gasteiger partial charge in [0, 0.05) is 16.3 Å². The molecule has 1 aliphatic heterocycles. The number of benzene rings is 1. The summed E-state index contributed by atoms with van der Waals surface area (Å²) in [4.78, 5) is 22.3.